The van der Waals surface area contributed by atoms with Crippen LogP contribution in [-0.4, -0.2) is 35.6 Å². The second-order valence-corrected chi connectivity index (χ2v) is 7.15. The minimum Gasteiger partial charge on any atom is -0.495 e. The van der Waals surface area contributed by atoms with Gasteiger partial charge in [-0.1, -0.05) is 12.1 Å². The van der Waals surface area contributed by atoms with Crippen LogP contribution in [0.25, 0.3) is 20.8 Å². The van der Waals surface area contributed by atoms with Crippen molar-refractivity contribution in [3.8, 4) is 16.3 Å². The highest BCUT2D eigenvalue weighted by atomic mass is 32.1. The molecule has 1 aromatic heterocycles. The predicted molar refractivity (Wildman–Crippen MR) is 99.7 cm³/mol. The van der Waals surface area contributed by atoms with Gasteiger partial charge >= 0.3 is 5.97 Å². The lowest BCUT2D eigenvalue weighted by molar-refractivity contribution is -0.141. The molecule has 1 aliphatic heterocycles. The minimum atomic E-state index is -0.956. The van der Waals surface area contributed by atoms with Crippen LogP contribution < -0.4 is 9.64 Å². The number of aliphatic carboxylic acids is 1. The first-order valence-corrected chi connectivity index (χ1v) is 8.95. The van der Waals surface area contributed by atoms with E-state index < -0.39 is 11.9 Å². The zero-order valence-corrected chi connectivity index (χ0v) is 14.8. The van der Waals surface area contributed by atoms with Crippen molar-refractivity contribution >= 4 is 39.1 Å². The highest BCUT2D eigenvalue weighted by Crippen LogP contribution is 2.38. The number of hydrogen-bond acceptors (Lipinski definition) is 5. The fraction of sp³-hybridized carbons (Fsp3) is 0.211. The average Bonchev–Trinajstić information content (AvgIpc) is 3.24. The van der Waals surface area contributed by atoms with E-state index in [9.17, 15) is 14.7 Å². The van der Waals surface area contributed by atoms with Gasteiger partial charge < -0.3 is 14.7 Å². The third-order valence-corrected chi connectivity index (χ3v) is 5.57. The van der Waals surface area contributed by atoms with Gasteiger partial charge in [0.2, 0.25) is 5.91 Å². The summed E-state index contributed by atoms with van der Waals surface area (Å²) in [6, 6.07) is 13.4. The van der Waals surface area contributed by atoms with Crippen molar-refractivity contribution in [3.63, 3.8) is 0 Å². The molecule has 1 amide bonds. The summed E-state index contributed by atoms with van der Waals surface area (Å²) in [5.74, 6) is -1.33. The Hall–Kier alpha value is -2.93. The van der Waals surface area contributed by atoms with Gasteiger partial charge in [0, 0.05) is 18.5 Å². The van der Waals surface area contributed by atoms with Crippen molar-refractivity contribution in [1.82, 2.24) is 4.98 Å². The van der Waals surface area contributed by atoms with Crippen LogP contribution in [0.15, 0.2) is 42.5 Å². The highest BCUT2D eigenvalue weighted by molar-refractivity contribution is 7.21. The van der Waals surface area contributed by atoms with Crippen molar-refractivity contribution in [1.29, 1.82) is 0 Å². The summed E-state index contributed by atoms with van der Waals surface area (Å²) in [7, 11) is 1.53. The number of benzene rings is 2. The molecule has 1 N–H and O–H groups in total. The summed E-state index contributed by atoms with van der Waals surface area (Å²) in [5.41, 5.74) is 2.37. The number of hydrogen-bond donors (Lipinski definition) is 1. The van der Waals surface area contributed by atoms with Gasteiger partial charge in [0.1, 0.15) is 10.8 Å². The maximum Gasteiger partial charge on any atom is 0.308 e. The predicted octanol–water partition coefficient (Wildman–Crippen LogP) is 3.41. The minimum absolute atomic E-state index is 0.00382. The second-order valence-electron chi connectivity index (χ2n) is 6.12. The van der Waals surface area contributed by atoms with Gasteiger partial charge in [0.25, 0.3) is 0 Å². The van der Waals surface area contributed by atoms with Gasteiger partial charge in [0.15, 0.2) is 0 Å². The van der Waals surface area contributed by atoms with E-state index in [1.54, 1.807) is 17.4 Å². The number of amides is 1. The number of thiazole rings is 1. The fourth-order valence-electron chi connectivity index (χ4n) is 3.14. The molecule has 1 aliphatic rings. The number of anilines is 1. The van der Waals surface area contributed by atoms with E-state index in [1.807, 2.05) is 36.4 Å². The van der Waals surface area contributed by atoms with Gasteiger partial charge in [0.05, 0.1) is 28.9 Å². The molecule has 4 rings (SSSR count). The van der Waals surface area contributed by atoms with Crippen LogP contribution in [0.1, 0.15) is 6.42 Å². The molecule has 3 aromatic rings. The van der Waals surface area contributed by atoms with Crippen molar-refractivity contribution < 1.29 is 19.4 Å². The lowest BCUT2D eigenvalue weighted by atomic mass is 10.1. The molecule has 1 atom stereocenters. The van der Waals surface area contributed by atoms with Crippen molar-refractivity contribution in [2.75, 3.05) is 18.6 Å². The van der Waals surface area contributed by atoms with Crippen molar-refractivity contribution in [2.24, 2.45) is 5.92 Å². The van der Waals surface area contributed by atoms with Crippen molar-refractivity contribution in [2.45, 2.75) is 6.42 Å². The molecule has 7 heteroatoms. The molecule has 1 unspecified atom stereocenters. The van der Waals surface area contributed by atoms with Crippen LogP contribution in [0.2, 0.25) is 0 Å². The number of carboxylic acids is 1. The number of nitrogens with zero attached hydrogens (tertiary/aromatic N) is 2. The standard InChI is InChI=1S/C19H16N2O4S/c1-25-15-7-6-11(18-20-13-4-2-3-5-16(13)26-18)8-14(15)21-10-12(19(23)24)9-17(21)22/h2-8,12H,9-10H2,1H3,(H,23,24). The normalized spacial score (nSPS) is 17.0. The summed E-state index contributed by atoms with van der Waals surface area (Å²) in [6.45, 7) is 0.147. The molecular formula is C19H16N2O4S. The van der Waals surface area contributed by atoms with Gasteiger partial charge in [-0.3, -0.25) is 9.59 Å². The zero-order chi connectivity index (χ0) is 18.3. The summed E-state index contributed by atoms with van der Waals surface area (Å²) >= 11 is 1.57. The Morgan fingerprint density at radius 1 is 1.31 bits per heavy atom. The molecule has 0 bridgehead atoms. The summed E-state index contributed by atoms with van der Waals surface area (Å²) in [6.07, 6.45) is 0.00382. The SMILES string of the molecule is COc1ccc(-c2nc3ccccc3s2)cc1N1CC(C(=O)O)CC1=O. The zero-order valence-electron chi connectivity index (χ0n) is 14.0. The molecule has 2 aromatic carbocycles. The Kier molecular flexibility index (Phi) is 4.08. The Balaban J connectivity index is 1.76. The molecule has 0 saturated carbocycles. The van der Waals surface area contributed by atoms with E-state index in [4.69, 9.17) is 4.74 Å². The molecule has 2 heterocycles. The molecule has 1 fully saturated rings. The molecule has 6 nitrogen and oxygen atoms in total. The van der Waals surface area contributed by atoms with Crippen LogP contribution >= 0.6 is 11.3 Å². The Bertz CT molecular complexity index is 981. The first-order chi connectivity index (χ1) is 12.6. The van der Waals surface area contributed by atoms with Crippen LogP contribution in [0, 0.1) is 5.92 Å². The maximum absolute atomic E-state index is 12.3. The summed E-state index contributed by atoms with van der Waals surface area (Å²) in [5, 5.41) is 10.1. The molecule has 0 radical (unpaired) electrons. The van der Waals surface area contributed by atoms with E-state index in [0.717, 1.165) is 20.8 Å². The smallest absolute Gasteiger partial charge is 0.308 e. The van der Waals surface area contributed by atoms with Crippen LogP contribution in [0.4, 0.5) is 5.69 Å². The molecule has 1 saturated heterocycles. The molecular weight excluding hydrogens is 352 g/mol. The maximum atomic E-state index is 12.3. The van der Waals surface area contributed by atoms with Crippen LogP contribution in [-0.2, 0) is 9.59 Å². The summed E-state index contributed by atoms with van der Waals surface area (Å²) < 4.78 is 6.48. The third-order valence-electron chi connectivity index (χ3n) is 4.48. The number of carbonyl (C=O) groups is 2. The Labute approximate surface area is 153 Å². The Morgan fingerprint density at radius 3 is 2.81 bits per heavy atom. The second kappa shape index (κ2) is 6.42. The monoisotopic (exact) mass is 368 g/mol. The van der Waals surface area contributed by atoms with E-state index in [-0.39, 0.29) is 18.9 Å². The number of aromatic nitrogens is 1. The number of rotatable bonds is 4. The van der Waals surface area contributed by atoms with Gasteiger partial charge in [-0.05, 0) is 30.3 Å². The Morgan fingerprint density at radius 2 is 2.12 bits per heavy atom. The molecule has 0 spiro atoms. The first kappa shape index (κ1) is 16.5. The van der Waals surface area contributed by atoms with E-state index in [0.29, 0.717) is 11.4 Å². The van der Waals surface area contributed by atoms with Gasteiger partial charge in [-0.2, -0.15) is 0 Å². The largest absolute Gasteiger partial charge is 0.495 e. The number of ether oxygens (including phenoxy) is 1. The average molecular weight is 368 g/mol. The number of carbonyl (C=O) groups excluding carboxylic acids is 1. The van der Waals surface area contributed by atoms with Crippen molar-refractivity contribution in [3.05, 3.63) is 42.5 Å². The lowest BCUT2D eigenvalue weighted by Gasteiger charge is -2.20. The van der Waals surface area contributed by atoms with E-state index in [1.165, 1.54) is 12.0 Å². The number of fused-ring (bicyclic) bond motifs is 1. The first-order valence-electron chi connectivity index (χ1n) is 8.14. The quantitative estimate of drug-likeness (QED) is 0.763. The lowest BCUT2D eigenvalue weighted by Crippen LogP contribution is -2.26. The van der Waals surface area contributed by atoms with Crippen LogP contribution in [0.3, 0.4) is 0 Å². The van der Waals surface area contributed by atoms with Crippen LogP contribution in [0.5, 0.6) is 5.75 Å². The highest BCUT2D eigenvalue weighted by Gasteiger charge is 2.36. The van der Waals surface area contributed by atoms with Gasteiger partial charge in [-0.15, -0.1) is 11.3 Å². The van der Waals surface area contributed by atoms with E-state index in [2.05, 4.69) is 4.98 Å². The number of methoxy groups -OCH3 is 1. The van der Waals surface area contributed by atoms with E-state index >= 15 is 0 Å². The fourth-order valence-corrected chi connectivity index (χ4v) is 4.10. The molecule has 26 heavy (non-hydrogen) atoms. The topological polar surface area (TPSA) is 79.7 Å². The molecule has 132 valence electrons. The van der Waals surface area contributed by atoms with Gasteiger partial charge in [-0.25, -0.2) is 4.98 Å². The number of carboxylic acid groups (broad SMARTS) is 1. The molecule has 0 aliphatic carbocycles. The third kappa shape index (κ3) is 2.80. The number of para-hydroxylation sites is 1. The summed E-state index contributed by atoms with van der Waals surface area (Å²) in [4.78, 5) is 29.7.